The molecule has 5 nitrogen and oxygen atoms in total. The summed E-state index contributed by atoms with van der Waals surface area (Å²) in [5.74, 6) is 2.40. The van der Waals surface area contributed by atoms with E-state index in [-0.39, 0.29) is 22.7 Å². The molecule has 4 bridgehead atoms. The SMILES string of the molecule is O=C(N(CC12CCC(c3nnc(C4CC4)o3)(CC1)CC2)c1cccc(Br)c1)C12CC(F)C(C1)C2. The van der Waals surface area contributed by atoms with Gasteiger partial charge in [0.15, 0.2) is 0 Å². The van der Waals surface area contributed by atoms with Crippen LogP contribution in [0.3, 0.4) is 0 Å². The Balaban J connectivity index is 1.14. The van der Waals surface area contributed by atoms with E-state index in [4.69, 9.17) is 4.42 Å². The first-order valence-corrected chi connectivity index (χ1v) is 13.7. The molecule has 1 aromatic carbocycles. The van der Waals surface area contributed by atoms with Crippen LogP contribution in [0.15, 0.2) is 33.2 Å². The van der Waals surface area contributed by atoms with Crippen LogP contribution in [0.5, 0.6) is 0 Å². The normalized spacial score (nSPS) is 38.1. The van der Waals surface area contributed by atoms with Gasteiger partial charge in [0.25, 0.3) is 0 Å². The Hall–Kier alpha value is -1.76. The van der Waals surface area contributed by atoms with Gasteiger partial charge in [-0.1, -0.05) is 22.0 Å². The Morgan fingerprint density at radius 3 is 2.44 bits per heavy atom. The smallest absolute Gasteiger partial charge is 0.233 e. The molecule has 2 aromatic rings. The van der Waals surface area contributed by atoms with E-state index in [0.717, 1.165) is 67.0 Å². The second-order valence-corrected chi connectivity index (χ2v) is 13.0. The number of rotatable bonds is 6. The van der Waals surface area contributed by atoms with E-state index < -0.39 is 11.6 Å². The predicted octanol–water partition coefficient (Wildman–Crippen LogP) is 6.47. The molecule has 1 atom stereocenters. The van der Waals surface area contributed by atoms with E-state index in [1.165, 1.54) is 12.8 Å². The van der Waals surface area contributed by atoms with Gasteiger partial charge in [-0.25, -0.2) is 4.39 Å². The highest BCUT2D eigenvalue weighted by molar-refractivity contribution is 9.10. The molecule has 1 unspecified atom stereocenters. The summed E-state index contributed by atoms with van der Waals surface area (Å²) in [5.41, 5.74) is 0.563. The number of hydrogen-bond donors (Lipinski definition) is 0. The lowest BCUT2D eigenvalue weighted by molar-refractivity contribution is -0.132. The number of benzene rings is 1. The number of nitrogens with zero attached hydrogens (tertiary/aromatic N) is 3. The number of hydrogen-bond acceptors (Lipinski definition) is 4. The molecular formula is C27H31BrFN3O2. The van der Waals surface area contributed by atoms with E-state index in [2.05, 4.69) is 26.1 Å². The highest BCUT2D eigenvalue weighted by Crippen LogP contribution is 2.62. The minimum Gasteiger partial charge on any atom is -0.424 e. The molecule has 7 fully saturated rings. The Labute approximate surface area is 208 Å². The van der Waals surface area contributed by atoms with Gasteiger partial charge < -0.3 is 9.32 Å². The van der Waals surface area contributed by atoms with Gasteiger partial charge in [0.1, 0.15) is 6.17 Å². The molecule has 0 aliphatic heterocycles. The fraction of sp³-hybridized carbons (Fsp3) is 0.667. The van der Waals surface area contributed by atoms with Crippen LogP contribution >= 0.6 is 15.9 Å². The van der Waals surface area contributed by atoms with Gasteiger partial charge in [-0.05, 0) is 100 Å². The Morgan fingerprint density at radius 2 is 1.82 bits per heavy atom. The first kappa shape index (κ1) is 21.5. The van der Waals surface area contributed by atoms with Crippen LogP contribution in [-0.2, 0) is 10.2 Å². The monoisotopic (exact) mass is 527 g/mol. The van der Waals surface area contributed by atoms with Crippen molar-refractivity contribution < 1.29 is 13.6 Å². The molecule has 1 aromatic heterocycles. The highest BCUT2D eigenvalue weighted by Gasteiger charge is 2.62. The number of carbonyl (C=O) groups is 1. The van der Waals surface area contributed by atoms with Gasteiger partial charge in [0, 0.05) is 28.0 Å². The van der Waals surface area contributed by atoms with Crippen LogP contribution in [0.25, 0.3) is 0 Å². The molecule has 0 N–H and O–H groups in total. The zero-order valence-corrected chi connectivity index (χ0v) is 21.0. The molecule has 1 amide bonds. The van der Waals surface area contributed by atoms with Crippen molar-refractivity contribution in [3.05, 3.63) is 40.5 Å². The van der Waals surface area contributed by atoms with Crippen molar-refractivity contribution in [2.45, 2.75) is 88.1 Å². The zero-order valence-electron chi connectivity index (χ0n) is 19.4. The largest absolute Gasteiger partial charge is 0.424 e. The second-order valence-electron chi connectivity index (χ2n) is 12.0. The summed E-state index contributed by atoms with van der Waals surface area (Å²) >= 11 is 3.59. The Kier molecular flexibility index (Phi) is 4.67. The fourth-order valence-electron chi connectivity index (χ4n) is 7.48. The lowest BCUT2D eigenvalue weighted by Gasteiger charge is -2.54. The third kappa shape index (κ3) is 3.25. The molecule has 7 saturated carbocycles. The van der Waals surface area contributed by atoms with Gasteiger partial charge in [-0.2, -0.15) is 0 Å². The van der Waals surface area contributed by atoms with Crippen LogP contribution in [0.4, 0.5) is 10.1 Å². The number of aromatic nitrogens is 2. The van der Waals surface area contributed by atoms with Crippen LogP contribution in [0.1, 0.15) is 88.3 Å². The number of anilines is 1. The van der Waals surface area contributed by atoms with Crippen LogP contribution in [0.2, 0.25) is 0 Å². The van der Waals surface area contributed by atoms with Crippen molar-refractivity contribution in [3.63, 3.8) is 0 Å². The third-order valence-corrected chi connectivity index (χ3v) is 10.4. The van der Waals surface area contributed by atoms with Crippen molar-refractivity contribution in [2.75, 3.05) is 11.4 Å². The van der Waals surface area contributed by atoms with Gasteiger partial charge in [-0.15, -0.1) is 10.2 Å². The summed E-state index contributed by atoms with van der Waals surface area (Å²) < 4.78 is 21.5. The predicted molar refractivity (Wildman–Crippen MR) is 129 cm³/mol. The van der Waals surface area contributed by atoms with E-state index in [1.807, 2.05) is 29.2 Å². The first-order chi connectivity index (χ1) is 16.4. The molecule has 9 rings (SSSR count). The molecule has 0 radical (unpaired) electrons. The quantitative estimate of drug-likeness (QED) is 0.431. The molecule has 180 valence electrons. The summed E-state index contributed by atoms with van der Waals surface area (Å²) in [7, 11) is 0. The number of alkyl halides is 1. The minimum atomic E-state index is -0.814. The highest BCUT2D eigenvalue weighted by atomic mass is 79.9. The number of amides is 1. The zero-order chi connectivity index (χ0) is 23.1. The van der Waals surface area contributed by atoms with Crippen molar-refractivity contribution in [1.82, 2.24) is 10.2 Å². The summed E-state index contributed by atoms with van der Waals surface area (Å²) in [4.78, 5) is 16.0. The third-order valence-electron chi connectivity index (χ3n) is 9.94. The van der Waals surface area contributed by atoms with Gasteiger partial charge in [0.2, 0.25) is 17.7 Å². The maximum absolute atomic E-state index is 14.4. The van der Waals surface area contributed by atoms with E-state index in [9.17, 15) is 9.18 Å². The van der Waals surface area contributed by atoms with Gasteiger partial charge in [-0.3, -0.25) is 4.79 Å². The van der Waals surface area contributed by atoms with Crippen molar-refractivity contribution in [2.24, 2.45) is 16.7 Å². The second kappa shape index (κ2) is 7.37. The average Bonchev–Trinajstić information content (AvgIpc) is 3.31. The van der Waals surface area contributed by atoms with Crippen LogP contribution in [-0.4, -0.2) is 28.8 Å². The van der Waals surface area contributed by atoms with Crippen molar-refractivity contribution in [1.29, 1.82) is 0 Å². The van der Waals surface area contributed by atoms with Crippen LogP contribution in [0, 0.1) is 16.7 Å². The molecule has 34 heavy (non-hydrogen) atoms. The standard InChI is InChI=1S/C27H31BrFN3O2/c28-19-2-1-3-20(12-19)32(24(33)27-13-18(14-27)21(29)15-27)16-25-6-9-26(10-7-25,11-8-25)23-31-30-22(34-23)17-4-5-17/h1-3,12,17-18,21H,4-11,13-16H2. The number of carbonyl (C=O) groups excluding carboxylic acids is 1. The molecule has 7 aliphatic rings. The van der Waals surface area contributed by atoms with E-state index in [1.54, 1.807) is 0 Å². The molecule has 7 heteroatoms. The summed E-state index contributed by atoms with van der Waals surface area (Å²) in [6.07, 6.45) is 9.67. The van der Waals surface area contributed by atoms with Gasteiger partial charge >= 0.3 is 0 Å². The maximum Gasteiger partial charge on any atom is 0.233 e. The van der Waals surface area contributed by atoms with Crippen molar-refractivity contribution in [3.8, 4) is 0 Å². The average molecular weight is 528 g/mol. The van der Waals surface area contributed by atoms with E-state index in [0.29, 0.717) is 25.2 Å². The summed E-state index contributed by atoms with van der Waals surface area (Å²) in [5, 5.41) is 8.85. The molecule has 0 saturated heterocycles. The fourth-order valence-corrected chi connectivity index (χ4v) is 7.87. The number of halogens is 2. The molecule has 7 aliphatic carbocycles. The molecular weight excluding hydrogens is 497 g/mol. The first-order valence-electron chi connectivity index (χ1n) is 13.0. The summed E-state index contributed by atoms with van der Waals surface area (Å²) in [6, 6.07) is 8.05. The Bertz CT molecular complexity index is 1110. The lowest BCUT2D eigenvalue weighted by atomic mass is 9.53. The topological polar surface area (TPSA) is 59.2 Å². The molecule has 1 heterocycles. The van der Waals surface area contributed by atoms with E-state index >= 15 is 0 Å². The summed E-state index contributed by atoms with van der Waals surface area (Å²) in [6.45, 7) is 0.721. The Morgan fingerprint density at radius 1 is 1.09 bits per heavy atom. The molecule has 0 spiro atoms. The maximum atomic E-state index is 14.4. The number of fused-ring (bicyclic) bond motifs is 4. The lowest BCUT2D eigenvalue weighted by Crippen LogP contribution is -2.54. The minimum absolute atomic E-state index is 0.0132. The van der Waals surface area contributed by atoms with Gasteiger partial charge in [0.05, 0.1) is 5.41 Å². The van der Waals surface area contributed by atoms with Crippen molar-refractivity contribution >= 4 is 27.5 Å². The van der Waals surface area contributed by atoms with Crippen LogP contribution < -0.4 is 4.90 Å².